The maximum atomic E-state index is 11.9. The molecule has 0 unspecified atom stereocenters. The van der Waals surface area contributed by atoms with Crippen molar-refractivity contribution in [3.63, 3.8) is 0 Å². The van der Waals surface area contributed by atoms with Gasteiger partial charge in [-0.15, -0.1) is 0 Å². The Kier molecular flexibility index (Phi) is 14.3. The summed E-state index contributed by atoms with van der Waals surface area (Å²) in [5, 5.41) is 8.60. The summed E-state index contributed by atoms with van der Waals surface area (Å²) in [6.07, 6.45) is 9.54. The first-order valence-corrected chi connectivity index (χ1v) is 8.15. The summed E-state index contributed by atoms with van der Waals surface area (Å²) in [5.41, 5.74) is 0. The molecule has 1 amide bonds. The van der Waals surface area contributed by atoms with Crippen molar-refractivity contribution < 1.29 is 14.6 Å². The number of carbonyl (C=O) groups is 1. The molecular weight excluding hydrogens is 254 g/mol. The van der Waals surface area contributed by atoms with E-state index in [-0.39, 0.29) is 12.5 Å². The lowest BCUT2D eigenvalue weighted by Gasteiger charge is -2.17. The molecule has 0 aliphatic heterocycles. The van der Waals surface area contributed by atoms with E-state index in [9.17, 15) is 4.79 Å². The van der Waals surface area contributed by atoms with Crippen molar-refractivity contribution in [3.8, 4) is 0 Å². The van der Waals surface area contributed by atoms with E-state index >= 15 is 0 Å². The van der Waals surface area contributed by atoms with Crippen LogP contribution in [0.2, 0.25) is 0 Å². The first-order valence-electron chi connectivity index (χ1n) is 8.15. The van der Waals surface area contributed by atoms with Crippen molar-refractivity contribution in [2.24, 2.45) is 0 Å². The Morgan fingerprint density at radius 2 is 1.65 bits per heavy atom. The fourth-order valence-corrected chi connectivity index (χ4v) is 2.04. The third-order valence-electron chi connectivity index (χ3n) is 3.40. The Morgan fingerprint density at radius 3 is 2.35 bits per heavy atom. The number of unbranched alkanes of at least 4 members (excludes halogenated alkanes) is 5. The molecule has 0 rings (SSSR count). The van der Waals surface area contributed by atoms with Crippen molar-refractivity contribution >= 4 is 5.91 Å². The largest absolute Gasteiger partial charge is 0.396 e. The van der Waals surface area contributed by atoms with Crippen LogP contribution in [0.3, 0.4) is 0 Å². The van der Waals surface area contributed by atoms with Gasteiger partial charge in [0.05, 0.1) is 0 Å². The number of amides is 1. The van der Waals surface area contributed by atoms with Crippen LogP contribution in [0.15, 0.2) is 0 Å². The molecule has 4 nitrogen and oxygen atoms in total. The molecule has 0 aliphatic carbocycles. The van der Waals surface area contributed by atoms with Crippen molar-refractivity contribution in [1.29, 1.82) is 0 Å². The van der Waals surface area contributed by atoms with E-state index in [1.807, 2.05) is 7.05 Å². The number of nitrogens with zero attached hydrogens (tertiary/aromatic N) is 1. The lowest BCUT2D eigenvalue weighted by atomic mass is 10.1. The molecule has 0 radical (unpaired) electrons. The molecule has 0 bridgehead atoms. The topological polar surface area (TPSA) is 49.8 Å². The van der Waals surface area contributed by atoms with Crippen LogP contribution in [-0.2, 0) is 9.53 Å². The number of ether oxygens (including phenoxy) is 1. The van der Waals surface area contributed by atoms with Crippen LogP contribution in [0.4, 0.5) is 0 Å². The summed E-state index contributed by atoms with van der Waals surface area (Å²) < 4.78 is 5.34. The Labute approximate surface area is 124 Å². The Hall–Kier alpha value is -0.610. The average molecular weight is 287 g/mol. The molecule has 20 heavy (non-hydrogen) atoms. The van der Waals surface area contributed by atoms with E-state index < -0.39 is 0 Å². The van der Waals surface area contributed by atoms with Gasteiger partial charge in [0.2, 0.25) is 5.91 Å². The molecule has 0 saturated heterocycles. The van der Waals surface area contributed by atoms with Gasteiger partial charge in [-0.2, -0.15) is 0 Å². The SMILES string of the molecule is CCCCCCCCC(=O)N(C)CCCOCCCO. The van der Waals surface area contributed by atoms with Crippen molar-refractivity contribution in [1.82, 2.24) is 4.90 Å². The molecule has 0 aromatic carbocycles. The van der Waals surface area contributed by atoms with Crippen LogP contribution in [0.25, 0.3) is 0 Å². The minimum absolute atomic E-state index is 0.177. The fourth-order valence-electron chi connectivity index (χ4n) is 2.04. The standard InChI is InChI=1S/C16H33NO3/c1-3-4-5-6-7-8-11-16(19)17(2)12-9-14-20-15-10-13-18/h18H,3-15H2,1-2H3. The number of carbonyl (C=O) groups excluding carboxylic acids is 1. The molecule has 0 fully saturated rings. The highest BCUT2D eigenvalue weighted by molar-refractivity contribution is 5.75. The molecule has 0 aromatic heterocycles. The van der Waals surface area contributed by atoms with Crippen molar-refractivity contribution in [2.45, 2.75) is 64.7 Å². The van der Waals surface area contributed by atoms with Gasteiger partial charge in [0.15, 0.2) is 0 Å². The number of hydrogen-bond donors (Lipinski definition) is 1. The highest BCUT2D eigenvalue weighted by Gasteiger charge is 2.07. The second-order valence-corrected chi connectivity index (χ2v) is 5.38. The van der Waals surface area contributed by atoms with E-state index in [0.29, 0.717) is 26.1 Å². The molecule has 0 saturated carbocycles. The van der Waals surface area contributed by atoms with Crippen LogP contribution in [0.1, 0.15) is 64.7 Å². The lowest BCUT2D eigenvalue weighted by molar-refractivity contribution is -0.130. The fraction of sp³-hybridized carbons (Fsp3) is 0.938. The maximum absolute atomic E-state index is 11.9. The van der Waals surface area contributed by atoms with Crippen LogP contribution in [0, 0.1) is 0 Å². The normalized spacial score (nSPS) is 10.8. The van der Waals surface area contributed by atoms with Gasteiger partial charge in [-0.25, -0.2) is 0 Å². The maximum Gasteiger partial charge on any atom is 0.222 e. The number of hydrogen-bond acceptors (Lipinski definition) is 3. The second-order valence-electron chi connectivity index (χ2n) is 5.38. The minimum atomic E-state index is 0.177. The van der Waals surface area contributed by atoms with E-state index in [0.717, 1.165) is 19.4 Å². The van der Waals surface area contributed by atoms with Gasteiger partial charge in [0.25, 0.3) is 0 Å². The zero-order valence-electron chi connectivity index (χ0n) is 13.4. The zero-order valence-corrected chi connectivity index (χ0v) is 13.4. The van der Waals surface area contributed by atoms with Gasteiger partial charge in [-0.05, 0) is 19.3 Å². The summed E-state index contributed by atoms with van der Waals surface area (Å²) in [5.74, 6) is 0.246. The van der Waals surface area contributed by atoms with E-state index in [1.165, 1.54) is 32.1 Å². The quantitative estimate of drug-likeness (QED) is 0.500. The minimum Gasteiger partial charge on any atom is -0.396 e. The van der Waals surface area contributed by atoms with Gasteiger partial charge in [-0.3, -0.25) is 4.79 Å². The highest BCUT2D eigenvalue weighted by atomic mass is 16.5. The predicted molar refractivity (Wildman–Crippen MR) is 82.8 cm³/mol. The third-order valence-corrected chi connectivity index (χ3v) is 3.40. The predicted octanol–water partition coefficient (Wildman–Crippen LogP) is 2.98. The second kappa shape index (κ2) is 14.8. The molecule has 0 aliphatic rings. The molecular formula is C16H33NO3. The van der Waals surface area contributed by atoms with Gasteiger partial charge >= 0.3 is 0 Å². The summed E-state index contributed by atoms with van der Waals surface area (Å²) in [4.78, 5) is 13.7. The number of aliphatic hydroxyl groups is 1. The molecule has 1 N–H and O–H groups in total. The molecule has 4 heteroatoms. The average Bonchev–Trinajstić information content (AvgIpc) is 2.45. The third kappa shape index (κ3) is 12.4. The molecule has 120 valence electrons. The summed E-state index contributed by atoms with van der Waals surface area (Å²) in [6.45, 7) is 4.41. The van der Waals surface area contributed by atoms with Crippen LogP contribution < -0.4 is 0 Å². The molecule has 0 spiro atoms. The highest BCUT2D eigenvalue weighted by Crippen LogP contribution is 2.08. The van der Waals surface area contributed by atoms with E-state index in [2.05, 4.69) is 6.92 Å². The zero-order chi connectivity index (χ0) is 15.1. The van der Waals surface area contributed by atoms with Crippen LogP contribution in [-0.4, -0.2) is 49.3 Å². The van der Waals surface area contributed by atoms with Gasteiger partial charge < -0.3 is 14.7 Å². The smallest absolute Gasteiger partial charge is 0.222 e. The van der Waals surface area contributed by atoms with Crippen molar-refractivity contribution in [2.75, 3.05) is 33.4 Å². The van der Waals surface area contributed by atoms with E-state index in [1.54, 1.807) is 4.90 Å². The van der Waals surface area contributed by atoms with Crippen molar-refractivity contribution in [3.05, 3.63) is 0 Å². The monoisotopic (exact) mass is 287 g/mol. The molecule has 0 aromatic rings. The summed E-state index contributed by atoms with van der Waals surface area (Å²) in [6, 6.07) is 0. The summed E-state index contributed by atoms with van der Waals surface area (Å²) >= 11 is 0. The first kappa shape index (κ1) is 19.4. The van der Waals surface area contributed by atoms with Gasteiger partial charge in [-0.1, -0.05) is 39.0 Å². The van der Waals surface area contributed by atoms with E-state index in [4.69, 9.17) is 9.84 Å². The Bertz CT molecular complexity index is 222. The number of rotatable bonds is 14. The summed E-state index contributed by atoms with van der Waals surface area (Å²) in [7, 11) is 1.87. The van der Waals surface area contributed by atoms with Crippen LogP contribution in [0.5, 0.6) is 0 Å². The van der Waals surface area contributed by atoms with Gasteiger partial charge in [0, 0.05) is 39.8 Å². The van der Waals surface area contributed by atoms with Crippen LogP contribution >= 0.6 is 0 Å². The molecule has 0 heterocycles. The number of aliphatic hydroxyl groups excluding tert-OH is 1. The van der Waals surface area contributed by atoms with Gasteiger partial charge in [0.1, 0.15) is 0 Å². The Balaban J connectivity index is 3.37. The molecule has 0 atom stereocenters. The lowest BCUT2D eigenvalue weighted by Crippen LogP contribution is -2.28. The Morgan fingerprint density at radius 1 is 1.00 bits per heavy atom. The first-order chi connectivity index (χ1) is 9.72.